The number of hydrogen-bond acceptors (Lipinski definition) is 4. The van der Waals surface area contributed by atoms with Gasteiger partial charge in [0.1, 0.15) is 12.6 Å². The normalized spacial score (nSPS) is 21.9. The SMILES string of the molecule is O=C(NC(C(=O)NCC1CCCC1C(=O)O)C1CCC1)OCC1c2ccccc2-c2ccccc21. The minimum atomic E-state index is -0.797. The Kier molecular flexibility index (Phi) is 6.75. The maximum absolute atomic E-state index is 13.0. The summed E-state index contributed by atoms with van der Waals surface area (Å²) in [5.41, 5.74) is 4.60. The number of carboxylic acid groups (broad SMARTS) is 1. The van der Waals surface area contributed by atoms with Crippen LogP contribution in [0.4, 0.5) is 4.79 Å². The fourth-order valence-electron chi connectivity index (χ4n) is 5.89. The lowest BCUT2D eigenvalue weighted by molar-refractivity contribution is -0.143. The Balaban J connectivity index is 1.20. The van der Waals surface area contributed by atoms with Gasteiger partial charge >= 0.3 is 12.1 Å². The molecule has 3 unspecified atom stereocenters. The van der Waals surface area contributed by atoms with Crippen LogP contribution in [0.25, 0.3) is 11.1 Å². The predicted octanol–water partition coefficient (Wildman–Crippen LogP) is 4.31. The van der Waals surface area contributed by atoms with E-state index in [0.29, 0.717) is 13.0 Å². The number of ether oxygens (including phenoxy) is 1. The van der Waals surface area contributed by atoms with Crippen LogP contribution < -0.4 is 10.6 Å². The molecule has 0 saturated heterocycles. The van der Waals surface area contributed by atoms with Crippen LogP contribution >= 0.6 is 0 Å². The summed E-state index contributed by atoms with van der Waals surface area (Å²) in [6.45, 7) is 0.520. The monoisotopic (exact) mass is 476 g/mol. The molecular weight excluding hydrogens is 444 g/mol. The summed E-state index contributed by atoms with van der Waals surface area (Å²) in [7, 11) is 0. The molecule has 3 aliphatic carbocycles. The maximum Gasteiger partial charge on any atom is 0.407 e. The molecule has 5 rings (SSSR count). The summed E-state index contributed by atoms with van der Waals surface area (Å²) in [6.07, 6.45) is 4.51. The van der Waals surface area contributed by atoms with E-state index in [1.807, 2.05) is 24.3 Å². The summed E-state index contributed by atoms with van der Waals surface area (Å²) < 4.78 is 5.66. The van der Waals surface area contributed by atoms with Crippen molar-refractivity contribution in [1.29, 1.82) is 0 Å². The number of aliphatic carboxylic acids is 1. The molecule has 0 aliphatic heterocycles. The molecule has 35 heavy (non-hydrogen) atoms. The average Bonchev–Trinajstić information content (AvgIpc) is 3.42. The highest BCUT2D eigenvalue weighted by molar-refractivity contribution is 5.86. The van der Waals surface area contributed by atoms with Crippen LogP contribution in [-0.2, 0) is 14.3 Å². The van der Waals surface area contributed by atoms with Crippen LogP contribution in [0.15, 0.2) is 48.5 Å². The Morgan fingerprint density at radius 2 is 1.54 bits per heavy atom. The highest BCUT2D eigenvalue weighted by atomic mass is 16.5. The fourth-order valence-corrected chi connectivity index (χ4v) is 5.89. The number of hydrogen-bond donors (Lipinski definition) is 3. The quantitative estimate of drug-likeness (QED) is 0.527. The van der Waals surface area contributed by atoms with Gasteiger partial charge in [-0.3, -0.25) is 9.59 Å². The molecule has 3 N–H and O–H groups in total. The van der Waals surface area contributed by atoms with Crippen molar-refractivity contribution >= 4 is 18.0 Å². The summed E-state index contributed by atoms with van der Waals surface area (Å²) >= 11 is 0. The average molecular weight is 477 g/mol. The number of fused-ring (bicyclic) bond motifs is 3. The molecule has 0 radical (unpaired) electrons. The van der Waals surface area contributed by atoms with Gasteiger partial charge in [0.25, 0.3) is 0 Å². The smallest absolute Gasteiger partial charge is 0.407 e. The van der Waals surface area contributed by atoms with Gasteiger partial charge in [-0.1, -0.05) is 61.4 Å². The van der Waals surface area contributed by atoms with Crippen LogP contribution in [0.1, 0.15) is 55.6 Å². The molecule has 184 valence electrons. The number of amides is 2. The lowest BCUT2D eigenvalue weighted by Gasteiger charge is -2.33. The van der Waals surface area contributed by atoms with Crippen molar-refractivity contribution in [2.24, 2.45) is 17.8 Å². The van der Waals surface area contributed by atoms with Gasteiger partial charge in [-0.25, -0.2) is 4.79 Å². The van der Waals surface area contributed by atoms with E-state index in [1.54, 1.807) is 0 Å². The first-order valence-corrected chi connectivity index (χ1v) is 12.6. The molecule has 2 saturated carbocycles. The van der Waals surface area contributed by atoms with E-state index < -0.39 is 24.0 Å². The number of alkyl carbamates (subject to hydrolysis) is 1. The second-order valence-electron chi connectivity index (χ2n) is 10.0. The molecule has 0 spiro atoms. The summed E-state index contributed by atoms with van der Waals surface area (Å²) in [4.78, 5) is 37.2. The van der Waals surface area contributed by atoms with Crippen LogP contribution in [0.5, 0.6) is 0 Å². The molecule has 2 fully saturated rings. The molecule has 3 atom stereocenters. The van der Waals surface area contributed by atoms with Crippen molar-refractivity contribution in [3.63, 3.8) is 0 Å². The summed E-state index contributed by atoms with van der Waals surface area (Å²) in [5.74, 6) is -1.48. The molecule has 2 aromatic rings. The van der Waals surface area contributed by atoms with Gasteiger partial charge in [0.15, 0.2) is 0 Å². The molecule has 0 aromatic heterocycles. The number of carbonyl (C=O) groups excluding carboxylic acids is 2. The Labute approximate surface area is 205 Å². The Morgan fingerprint density at radius 3 is 2.14 bits per heavy atom. The van der Waals surface area contributed by atoms with Gasteiger partial charge in [0.2, 0.25) is 5.91 Å². The molecule has 3 aliphatic rings. The van der Waals surface area contributed by atoms with Gasteiger partial charge < -0.3 is 20.5 Å². The number of rotatable bonds is 8. The lowest BCUT2D eigenvalue weighted by Crippen LogP contribution is -2.53. The number of nitrogens with one attached hydrogen (secondary N) is 2. The predicted molar refractivity (Wildman–Crippen MR) is 131 cm³/mol. The molecule has 2 amide bonds. The molecule has 0 bridgehead atoms. The minimum Gasteiger partial charge on any atom is -0.481 e. The van der Waals surface area contributed by atoms with Gasteiger partial charge in [-0.15, -0.1) is 0 Å². The summed E-state index contributed by atoms with van der Waals surface area (Å²) in [6, 6.07) is 15.7. The second-order valence-corrected chi connectivity index (χ2v) is 10.0. The Bertz CT molecular complexity index is 1070. The number of carbonyl (C=O) groups is 3. The van der Waals surface area contributed by atoms with E-state index in [-0.39, 0.29) is 30.3 Å². The topological polar surface area (TPSA) is 105 Å². The number of benzene rings is 2. The molecule has 7 nitrogen and oxygen atoms in total. The largest absolute Gasteiger partial charge is 0.481 e. The van der Waals surface area contributed by atoms with Gasteiger partial charge in [0, 0.05) is 12.5 Å². The van der Waals surface area contributed by atoms with Crippen molar-refractivity contribution in [1.82, 2.24) is 10.6 Å². The fraction of sp³-hybridized carbons (Fsp3) is 0.464. The van der Waals surface area contributed by atoms with Crippen molar-refractivity contribution in [2.45, 2.75) is 50.5 Å². The standard InChI is InChI=1S/C28H32N2O5/c31-26(29-15-18-9-6-14-19(18)27(32)33)25(17-7-5-8-17)30-28(34)35-16-24-22-12-3-1-10-20(22)21-11-2-4-13-23(21)24/h1-4,10-13,17-19,24-25H,5-9,14-16H2,(H,29,31)(H,30,34)(H,32,33). The van der Waals surface area contributed by atoms with Gasteiger partial charge in [-0.2, -0.15) is 0 Å². The van der Waals surface area contributed by atoms with E-state index in [9.17, 15) is 19.5 Å². The van der Waals surface area contributed by atoms with Crippen molar-refractivity contribution in [2.75, 3.05) is 13.2 Å². The lowest BCUT2D eigenvalue weighted by atomic mass is 9.79. The first kappa shape index (κ1) is 23.4. The highest BCUT2D eigenvalue weighted by Gasteiger charge is 2.37. The molecule has 0 heterocycles. The zero-order chi connectivity index (χ0) is 24.4. The summed E-state index contributed by atoms with van der Waals surface area (Å²) in [5, 5.41) is 15.1. The molecule has 7 heteroatoms. The minimum absolute atomic E-state index is 0.0422. The zero-order valence-corrected chi connectivity index (χ0v) is 19.7. The second kappa shape index (κ2) is 10.1. The zero-order valence-electron chi connectivity index (χ0n) is 19.7. The van der Waals surface area contributed by atoms with Crippen LogP contribution in [0.3, 0.4) is 0 Å². The van der Waals surface area contributed by atoms with Crippen LogP contribution in [0, 0.1) is 17.8 Å². The van der Waals surface area contributed by atoms with Crippen LogP contribution in [0.2, 0.25) is 0 Å². The first-order valence-electron chi connectivity index (χ1n) is 12.6. The van der Waals surface area contributed by atoms with Gasteiger partial charge in [0.05, 0.1) is 5.92 Å². The van der Waals surface area contributed by atoms with E-state index in [4.69, 9.17) is 4.74 Å². The first-order chi connectivity index (χ1) is 17.0. The maximum atomic E-state index is 13.0. The molecule has 2 aromatic carbocycles. The van der Waals surface area contributed by atoms with E-state index in [1.165, 1.54) is 0 Å². The third-order valence-electron chi connectivity index (χ3n) is 8.04. The third kappa shape index (κ3) is 4.77. The Hall–Kier alpha value is -3.35. The molecular formula is C28H32N2O5. The van der Waals surface area contributed by atoms with Crippen molar-refractivity contribution < 1.29 is 24.2 Å². The Morgan fingerprint density at radius 1 is 0.914 bits per heavy atom. The van der Waals surface area contributed by atoms with E-state index in [2.05, 4.69) is 34.9 Å². The van der Waals surface area contributed by atoms with Gasteiger partial charge in [-0.05, 0) is 59.8 Å². The van der Waals surface area contributed by atoms with Crippen LogP contribution in [-0.4, -0.2) is 42.3 Å². The van der Waals surface area contributed by atoms with E-state index in [0.717, 1.165) is 54.4 Å². The third-order valence-corrected chi connectivity index (χ3v) is 8.04. The van der Waals surface area contributed by atoms with Crippen molar-refractivity contribution in [3.8, 4) is 11.1 Å². The highest BCUT2D eigenvalue weighted by Crippen LogP contribution is 2.44. The van der Waals surface area contributed by atoms with Crippen molar-refractivity contribution in [3.05, 3.63) is 59.7 Å². The van der Waals surface area contributed by atoms with E-state index >= 15 is 0 Å². The number of carboxylic acids is 1.